The SMILES string of the molecule is NC(CCC1CCCC1)Cc1ccc2c(c1)CCC2. The number of fused-ring (bicyclic) bond motifs is 1. The van der Waals surface area contributed by atoms with E-state index in [0.717, 1.165) is 12.3 Å². The van der Waals surface area contributed by atoms with Gasteiger partial charge in [0, 0.05) is 6.04 Å². The molecule has 1 atom stereocenters. The predicted molar refractivity (Wildman–Crippen MR) is 81.3 cm³/mol. The van der Waals surface area contributed by atoms with Gasteiger partial charge in [0.2, 0.25) is 0 Å². The molecule has 1 fully saturated rings. The summed E-state index contributed by atoms with van der Waals surface area (Å²) in [4.78, 5) is 0. The maximum absolute atomic E-state index is 6.33. The molecule has 2 N–H and O–H groups in total. The Balaban J connectivity index is 1.49. The molecular formula is C18H27N. The number of benzene rings is 1. The molecule has 2 aliphatic rings. The fraction of sp³-hybridized carbons (Fsp3) is 0.667. The molecule has 2 aliphatic carbocycles. The van der Waals surface area contributed by atoms with E-state index >= 15 is 0 Å². The first kappa shape index (κ1) is 13.2. The van der Waals surface area contributed by atoms with Gasteiger partial charge in [0.1, 0.15) is 0 Å². The lowest BCUT2D eigenvalue weighted by Gasteiger charge is -2.15. The summed E-state index contributed by atoms with van der Waals surface area (Å²) in [7, 11) is 0. The number of aryl methyl sites for hydroxylation is 2. The van der Waals surface area contributed by atoms with Crippen molar-refractivity contribution in [1.82, 2.24) is 0 Å². The monoisotopic (exact) mass is 257 g/mol. The summed E-state index contributed by atoms with van der Waals surface area (Å²) in [5, 5.41) is 0. The van der Waals surface area contributed by atoms with Crippen LogP contribution in [0.25, 0.3) is 0 Å². The summed E-state index contributed by atoms with van der Waals surface area (Å²) in [6.07, 6.45) is 13.3. The minimum absolute atomic E-state index is 0.361. The van der Waals surface area contributed by atoms with E-state index in [-0.39, 0.29) is 0 Å². The zero-order chi connectivity index (χ0) is 13.1. The van der Waals surface area contributed by atoms with E-state index in [9.17, 15) is 0 Å². The quantitative estimate of drug-likeness (QED) is 0.847. The molecule has 0 spiro atoms. The molecule has 0 saturated heterocycles. The second-order valence-electron chi connectivity index (χ2n) is 6.65. The summed E-state index contributed by atoms with van der Waals surface area (Å²) in [5.74, 6) is 0.978. The molecule has 104 valence electrons. The van der Waals surface area contributed by atoms with Gasteiger partial charge in [-0.1, -0.05) is 43.9 Å². The number of nitrogens with two attached hydrogens (primary N) is 1. The van der Waals surface area contributed by atoms with Crippen molar-refractivity contribution in [2.24, 2.45) is 11.7 Å². The van der Waals surface area contributed by atoms with Gasteiger partial charge >= 0.3 is 0 Å². The first-order chi connectivity index (χ1) is 9.31. The van der Waals surface area contributed by atoms with Crippen molar-refractivity contribution in [2.75, 3.05) is 0 Å². The highest BCUT2D eigenvalue weighted by Gasteiger charge is 2.17. The van der Waals surface area contributed by atoms with Crippen LogP contribution in [0.5, 0.6) is 0 Å². The van der Waals surface area contributed by atoms with Crippen LogP contribution < -0.4 is 5.73 Å². The lowest BCUT2D eigenvalue weighted by Crippen LogP contribution is -2.23. The van der Waals surface area contributed by atoms with Crippen LogP contribution in [-0.2, 0) is 19.3 Å². The Morgan fingerprint density at radius 1 is 1.05 bits per heavy atom. The molecule has 0 heterocycles. The molecule has 0 radical (unpaired) electrons. The summed E-state index contributed by atoms with van der Waals surface area (Å²) < 4.78 is 0. The van der Waals surface area contributed by atoms with Crippen LogP contribution in [0.15, 0.2) is 18.2 Å². The Labute approximate surface area is 117 Å². The van der Waals surface area contributed by atoms with Gasteiger partial charge in [-0.2, -0.15) is 0 Å². The average Bonchev–Trinajstić information content (AvgIpc) is 3.07. The summed E-state index contributed by atoms with van der Waals surface area (Å²) in [6, 6.07) is 7.42. The van der Waals surface area contributed by atoms with Gasteiger partial charge in [0.05, 0.1) is 0 Å². The van der Waals surface area contributed by atoms with E-state index in [2.05, 4.69) is 18.2 Å². The standard InChI is InChI=1S/C18H27N/c19-18(11-9-14-4-1-2-5-14)13-15-8-10-16-6-3-7-17(16)12-15/h8,10,12,14,18H,1-7,9,11,13,19H2. The zero-order valence-corrected chi connectivity index (χ0v) is 12.0. The minimum Gasteiger partial charge on any atom is -0.327 e. The largest absolute Gasteiger partial charge is 0.327 e. The highest BCUT2D eigenvalue weighted by Crippen LogP contribution is 2.29. The second kappa shape index (κ2) is 6.09. The molecule has 1 heteroatoms. The summed E-state index contributed by atoms with van der Waals surface area (Å²) in [6.45, 7) is 0. The van der Waals surface area contributed by atoms with Crippen molar-refractivity contribution in [3.05, 3.63) is 34.9 Å². The predicted octanol–water partition coefficient (Wildman–Crippen LogP) is 4.02. The number of hydrogen-bond acceptors (Lipinski definition) is 1. The van der Waals surface area contributed by atoms with Gasteiger partial charge in [-0.3, -0.25) is 0 Å². The van der Waals surface area contributed by atoms with E-state index in [1.807, 2.05) is 0 Å². The Morgan fingerprint density at radius 3 is 2.68 bits per heavy atom. The smallest absolute Gasteiger partial charge is 0.00794 e. The van der Waals surface area contributed by atoms with Gasteiger partial charge in [-0.05, 0) is 61.1 Å². The fourth-order valence-electron chi connectivity index (χ4n) is 3.91. The molecule has 3 rings (SSSR count). The Kier molecular flexibility index (Phi) is 4.22. The number of hydrogen-bond donors (Lipinski definition) is 1. The second-order valence-corrected chi connectivity index (χ2v) is 6.65. The zero-order valence-electron chi connectivity index (χ0n) is 12.0. The minimum atomic E-state index is 0.361. The molecule has 0 bridgehead atoms. The van der Waals surface area contributed by atoms with Gasteiger partial charge < -0.3 is 5.73 Å². The van der Waals surface area contributed by atoms with Crippen LogP contribution in [0.1, 0.15) is 61.6 Å². The highest BCUT2D eigenvalue weighted by atomic mass is 14.6. The van der Waals surface area contributed by atoms with Crippen molar-refractivity contribution in [1.29, 1.82) is 0 Å². The first-order valence-corrected chi connectivity index (χ1v) is 8.17. The first-order valence-electron chi connectivity index (χ1n) is 8.17. The Bertz CT molecular complexity index is 418. The maximum atomic E-state index is 6.33. The average molecular weight is 257 g/mol. The van der Waals surface area contributed by atoms with Crippen LogP contribution in [0.2, 0.25) is 0 Å². The molecule has 0 amide bonds. The van der Waals surface area contributed by atoms with Crippen molar-refractivity contribution >= 4 is 0 Å². The van der Waals surface area contributed by atoms with E-state index in [0.29, 0.717) is 6.04 Å². The third kappa shape index (κ3) is 3.39. The molecule has 1 nitrogen and oxygen atoms in total. The van der Waals surface area contributed by atoms with Crippen molar-refractivity contribution < 1.29 is 0 Å². The third-order valence-corrected chi connectivity index (χ3v) is 5.08. The molecule has 1 aromatic rings. The lowest BCUT2D eigenvalue weighted by molar-refractivity contribution is 0.447. The highest BCUT2D eigenvalue weighted by molar-refractivity contribution is 5.35. The van der Waals surface area contributed by atoms with Gasteiger partial charge in [0.25, 0.3) is 0 Å². The van der Waals surface area contributed by atoms with Gasteiger partial charge in [-0.25, -0.2) is 0 Å². The molecule has 19 heavy (non-hydrogen) atoms. The van der Waals surface area contributed by atoms with E-state index in [1.165, 1.54) is 63.4 Å². The normalized spacial score (nSPS) is 20.7. The third-order valence-electron chi connectivity index (χ3n) is 5.08. The van der Waals surface area contributed by atoms with E-state index in [4.69, 9.17) is 5.73 Å². The van der Waals surface area contributed by atoms with E-state index < -0.39 is 0 Å². The van der Waals surface area contributed by atoms with Gasteiger partial charge in [-0.15, -0.1) is 0 Å². The Morgan fingerprint density at radius 2 is 1.84 bits per heavy atom. The molecule has 1 saturated carbocycles. The summed E-state index contributed by atoms with van der Waals surface area (Å²) >= 11 is 0. The summed E-state index contributed by atoms with van der Waals surface area (Å²) in [5.41, 5.74) is 10.9. The van der Waals surface area contributed by atoms with Crippen molar-refractivity contribution in [3.63, 3.8) is 0 Å². The fourth-order valence-corrected chi connectivity index (χ4v) is 3.91. The number of rotatable bonds is 5. The van der Waals surface area contributed by atoms with Crippen LogP contribution in [-0.4, -0.2) is 6.04 Å². The van der Waals surface area contributed by atoms with E-state index in [1.54, 1.807) is 11.1 Å². The Hall–Kier alpha value is -0.820. The topological polar surface area (TPSA) is 26.0 Å². The molecule has 0 aliphatic heterocycles. The van der Waals surface area contributed by atoms with Gasteiger partial charge in [0.15, 0.2) is 0 Å². The molecule has 1 unspecified atom stereocenters. The van der Waals surface area contributed by atoms with Crippen molar-refractivity contribution in [3.8, 4) is 0 Å². The van der Waals surface area contributed by atoms with Crippen molar-refractivity contribution in [2.45, 2.75) is 70.3 Å². The maximum Gasteiger partial charge on any atom is 0.00794 e. The molecule has 1 aromatic carbocycles. The molecule has 0 aromatic heterocycles. The van der Waals surface area contributed by atoms with Crippen LogP contribution >= 0.6 is 0 Å². The molecular weight excluding hydrogens is 230 g/mol. The lowest BCUT2D eigenvalue weighted by atomic mass is 9.94. The van der Waals surface area contributed by atoms with Crippen LogP contribution in [0.4, 0.5) is 0 Å². The van der Waals surface area contributed by atoms with Crippen LogP contribution in [0, 0.1) is 5.92 Å². The van der Waals surface area contributed by atoms with Crippen LogP contribution in [0.3, 0.4) is 0 Å².